The van der Waals surface area contributed by atoms with Gasteiger partial charge in [-0.1, -0.05) is 165 Å². The van der Waals surface area contributed by atoms with Crippen molar-refractivity contribution in [1.82, 2.24) is 0 Å². The fourth-order valence-electron chi connectivity index (χ4n) is 9.66. The van der Waals surface area contributed by atoms with Crippen LogP contribution in [0.5, 0.6) is 0 Å². The molecule has 0 spiro atoms. The van der Waals surface area contributed by atoms with Crippen LogP contribution in [0.25, 0.3) is 65.3 Å². The van der Waals surface area contributed by atoms with E-state index >= 15 is 0 Å². The summed E-state index contributed by atoms with van der Waals surface area (Å²) < 4.78 is 0. The third kappa shape index (κ3) is 7.47. The Kier molecular flexibility index (Phi) is 10.2. The Hall–Kier alpha value is -7.94. The molecule has 11 aromatic carbocycles. The van der Waals surface area contributed by atoms with E-state index in [0.717, 1.165) is 34.1 Å². The average molecular weight is 835 g/mol. The molecule has 0 aliphatic heterocycles. The van der Waals surface area contributed by atoms with Gasteiger partial charge in [0.2, 0.25) is 0 Å². The van der Waals surface area contributed by atoms with E-state index in [0.29, 0.717) is 5.92 Å². The van der Waals surface area contributed by atoms with Crippen LogP contribution in [0.4, 0.5) is 34.1 Å². The molecule has 11 aromatic rings. The van der Waals surface area contributed by atoms with Crippen LogP contribution < -0.4 is 9.80 Å². The summed E-state index contributed by atoms with van der Waals surface area (Å²) in [6.07, 6.45) is 0. The summed E-state index contributed by atoms with van der Waals surface area (Å²) in [6, 6.07) is 83.2. The van der Waals surface area contributed by atoms with Crippen LogP contribution in [-0.4, -0.2) is 0 Å². The number of hydrogen-bond donors (Lipinski definition) is 0. The van der Waals surface area contributed by atoms with Crippen molar-refractivity contribution in [3.8, 4) is 22.3 Å². The lowest BCUT2D eigenvalue weighted by molar-refractivity contribution is 0.866. The second-order valence-electron chi connectivity index (χ2n) is 17.8. The molecule has 0 radical (unpaired) electrons. The number of anilines is 6. The Balaban J connectivity index is 1.25. The van der Waals surface area contributed by atoms with Crippen molar-refractivity contribution in [3.05, 3.63) is 241 Å². The maximum atomic E-state index is 2.44. The van der Waals surface area contributed by atoms with Gasteiger partial charge in [-0.2, -0.15) is 0 Å². The molecule has 0 N–H and O–H groups in total. The Morgan fingerprint density at radius 2 is 0.662 bits per heavy atom. The van der Waals surface area contributed by atoms with Gasteiger partial charge in [0.25, 0.3) is 0 Å². The zero-order chi connectivity index (χ0) is 44.0. The summed E-state index contributed by atoms with van der Waals surface area (Å²) in [7, 11) is 0. The van der Waals surface area contributed by atoms with Gasteiger partial charge in [-0.25, -0.2) is 0 Å². The zero-order valence-corrected chi connectivity index (χ0v) is 37.3. The first-order valence-electron chi connectivity index (χ1n) is 22.8. The fraction of sp³-hybridized carbons (Fsp3) is 0.0794. The van der Waals surface area contributed by atoms with Gasteiger partial charge in [0.05, 0.1) is 0 Å². The highest BCUT2D eigenvalue weighted by atomic mass is 15.1. The van der Waals surface area contributed by atoms with Crippen molar-refractivity contribution >= 4 is 77.2 Å². The Morgan fingerprint density at radius 1 is 0.292 bits per heavy atom. The average Bonchev–Trinajstić information content (AvgIpc) is 3.35. The second kappa shape index (κ2) is 16.6. The van der Waals surface area contributed by atoms with E-state index in [4.69, 9.17) is 0 Å². The minimum Gasteiger partial charge on any atom is -0.310 e. The van der Waals surface area contributed by atoms with Crippen molar-refractivity contribution in [1.29, 1.82) is 0 Å². The molecule has 2 heteroatoms. The van der Waals surface area contributed by atoms with Crippen molar-refractivity contribution in [2.24, 2.45) is 0 Å². The van der Waals surface area contributed by atoms with Crippen LogP contribution in [-0.2, 0) is 0 Å². The third-order valence-electron chi connectivity index (χ3n) is 13.1. The molecule has 0 aliphatic rings. The number of rotatable bonds is 9. The van der Waals surface area contributed by atoms with Gasteiger partial charge in [0.1, 0.15) is 0 Å². The smallest absolute Gasteiger partial charge is 0.0468 e. The summed E-state index contributed by atoms with van der Waals surface area (Å²) in [5.41, 5.74) is 15.3. The predicted molar refractivity (Wildman–Crippen MR) is 280 cm³/mol. The number of aryl methyl sites for hydroxylation is 2. The SMILES string of the molecule is Cc1ccc(N(c2ccccc2)c2ccc3c(-c4ccc5ccccc5c4)c4cc(N(c5ccc(C)cc5)c5ccc(C(C)C)cc5)ccc4c(-c4ccc5ccccc5c4)c3c2)cc1. The first kappa shape index (κ1) is 39.9. The van der Waals surface area contributed by atoms with Crippen LogP contribution in [0.3, 0.4) is 0 Å². The number of para-hydroxylation sites is 1. The molecule has 0 amide bonds. The Morgan fingerprint density at radius 3 is 1.09 bits per heavy atom. The first-order valence-corrected chi connectivity index (χ1v) is 22.8. The molecule has 2 nitrogen and oxygen atoms in total. The van der Waals surface area contributed by atoms with Crippen LogP contribution in [0, 0.1) is 13.8 Å². The molecule has 0 heterocycles. The fourth-order valence-corrected chi connectivity index (χ4v) is 9.66. The van der Waals surface area contributed by atoms with Crippen LogP contribution in [0.15, 0.2) is 224 Å². The standard InChI is InChI=1S/C63H50N2/c1-42(2)45-26-32-55(33-27-45)65(54-30-20-44(4)21-31-54)57-35-37-59-61(41-57)63(51-25-23-47-13-9-11-15-49(47)39-51)58-36-34-56(64(52-16-6-5-7-17-52)53-28-18-43(3)19-29-53)40-60(58)62(59)50-24-22-46-12-8-10-14-48(46)38-50/h5-42H,1-4H3. The molecule has 11 rings (SSSR count). The van der Waals surface area contributed by atoms with Crippen molar-refractivity contribution in [2.45, 2.75) is 33.6 Å². The normalized spacial score (nSPS) is 11.5. The molecule has 312 valence electrons. The van der Waals surface area contributed by atoms with Crippen molar-refractivity contribution < 1.29 is 0 Å². The van der Waals surface area contributed by atoms with Gasteiger partial charge >= 0.3 is 0 Å². The van der Waals surface area contributed by atoms with Crippen molar-refractivity contribution in [2.75, 3.05) is 9.80 Å². The summed E-state index contributed by atoms with van der Waals surface area (Å²) >= 11 is 0. The van der Waals surface area contributed by atoms with Crippen molar-refractivity contribution in [3.63, 3.8) is 0 Å². The van der Waals surface area contributed by atoms with Gasteiger partial charge in [-0.15, -0.1) is 0 Å². The number of benzene rings is 11. The van der Waals surface area contributed by atoms with E-state index in [1.165, 1.54) is 82.0 Å². The monoisotopic (exact) mass is 834 g/mol. The summed E-state index contributed by atoms with van der Waals surface area (Å²) in [4.78, 5) is 4.80. The van der Waals surface area contributed by atoms with E-state index < -0.39 is 0 Å². The highest BCUT2D eigenvalue weighted by Crippen LogP contribution is 2.49. The molecule has 0 aromatic heterocycles. The van der Waals surface area contributed by atoms with Crippen LogP contribution in [0.1, 0.15) is 36.5 Å². The summed E-state index contributed by atoms with van der Waals surface area (Å²) in [5.74, 6) is 0.445. The number of nitrogens with zero attached hydrogens (tertiary/aromatic N) is 2. The van der Waals surface area contributed by atoms with Gasteiger partial charge in [-0.05, 0) is 176 Å². The quantitative estimate of drug-likeness (QED) is 0.134. The zero-order valence-electron chi connectivity index (χ0n) is 37.3. The second-order valence-corrected chi connectivity index (χ2v) is 17.8. The van der Waals surface area contributed by atoms with Crippen LogP contribution >= 0.6 is 0 Å². The highest BCUT2D eigenvalue weighted by Gasteiger charge is 2.23. The lowest BCUT2D eigenvalue weighted by Gasteiger charge is -2.28. The summed E-state index contributed by atoms with van der Waals surface area (Å²) in [6.45, 7) is 8.82. The minimum absolute atomic E-state index is 0.445. The largest absolute Gasteiger partial charge is 0.310 e. The molecule has 0 saturated heterocycles. The molecule has 0 fully saturated rings. The molecule has 0 unspecified atom stereocenters. The lowest BCUT2D eigenvalue weighted by atomic mass is 9.84. The molecule has 0 atom stereocenters. The third-order valence-corrected chi connectivity index (χ3v) is 13.1. The van der Waals surface area contributed by atoms with Gasteiger partial charge in [0, 0.05) is 34.1 Å². The molecule has 65 heavy (non-hydrogen) atoms. The summed E-state index contributed by atoms with van der Waals surface area (Å²) in [5, 5.41) is 9.72. The Labute approximate surface area is 382 Å². The van der Waals surface area contributed by atoms with E-state index in [9.17, 15) is 0 Å². The van der Waals surface area contributed by atoms with E-state index in [2.05, 4.69) is 262 Å². The van der Waals surface area contributed by atoms with E-state index in [-0.39, 0.29) is 0 Å². The molecular formula is C63H50N2. The maximum absolute atomic E-state index is 2.44. The van der Waals surface area contributed by atoms with Gasteiger partial charge in [-0.3, -0.25) is 0 Å². The lowest BCUT2D eigenvalue weighted by Crippen LogP contribution is -2.10. The van der Waals surface area contributed by atoms with Gasteiger partial charge < -0.3 is 9.80 Å². The number of fused-ring (bicyclic) bond motifs is 4. The molecule has 0 bridgehead atoms. The number of hydrogen-bond acceptors (Lipinski definition) is 2. The Bertz CT molecular complexity index is 3510. The topological polar surface area (TPSA) is 6.48 Å². The highest BCUT2D eigenvalue weighted by molar-refractivity contribution is 6.23. The minimum atomic E-state index is 0.445. The van der Waals surface area contributed by atoms with Gasteiger partial charge in [0.15, 0.2) is 0 Å². The predicted octanol–water partition coefficient (Wildman–Crippen LogP) is 18.3. The molecule has 0 aliphatic carbocycles. The van der Waals surface area contributed by atoms with E-state index in [1.54, 1.807) is 0 Å². The maximum Gasteiger partial charge on any atom is 0.0468 e. The molecular weight excluding hydrogens is 785 g/mol. The van der Waals surface area contributed by atoms with Crippen LogP contribution in [0.2, 0.25) is 0 Å². The first-order chi connectivity index (χ1) is 31.9. The molecule has 0 saturated carbocycles. The van der Waals surface area contributed by atoms with E-state index in [1.807, 2.05) is 0 Å².